The number of furan rings is 1. The van der Waals surface area contributed by atoms with Gasteiger partial charge in [0.25, 0.3) is 0 Å². The van der Waals surface area contributed by atoms with Gasteiger partial charge in [-0.2, -0.15) is 0 Å². The van der Waals surface area contributed by atoms with Crippen molar-refractivity contribution >= 4 is 30.3 Å². The summed E-state index contributed by atoms with van der Waals surface area (Å²) in [5.74, 6) is 1.77. The Kier molecular flexibility index (Phi) is 6.68. The molecule has 2 aromatic rings. The van der Waals surface area contributed by atoms with E-state index < -0.39 is 30.4 Å². The maximum Gasteiger partial charge on any atom is 0.482 e. The minimum Gasteiger partial charge on any atom is -0.464 e. The molecule has 6 aliphatic rings. The Morgan fingerprint density at radius 3 is 2.70 bits per heavy atom. The zero-order chi connectivity index (χ0) is 30.5. The summed E-state index contributed by atoms with van der Waals surface area (Å²) in [5.41, 5.74) is 0.991. The maximum atomic E-state index is 13.4. The third-order valence-electron chi connectivity index (χ3n) is 11.5. The van der Waals surface area contributed by atoms with E-state index in [4.69, 9.17) is 23.2 Å². The average Bonchev–Trinajstić information content (AvgIpc) is 3.29. The second-order valence-corrected chi connectivity index (χ2v) is 15.4. The molecular weight excluding hydrogens is 547 g/mol. The molecule has 4 aliphatic carbocycles. The Bertz CT molecular complexity index is 1420. The SMILES string of the molecule is C[C@H]1[C@H]2CN(C(=O)OC(C)(C)C)[C@@H](COC(=O)N[C@@H](Cc3coc4ccccc34)B3O[C@@H]4C[C@@H]5C[C@@H](C5(C)C)[C@]4(C)O3)[C@@H]12. The van der Waals surface area contributed by atoms with Crippen molar-refractivity contribution in [3.05, 3.63) is 36.1 Å². The Balaban J connectivity index is 1.07. The number of nitrogens with one attached hydrogen (secondary N) is 1. The third-order valence-corrected chi connectivity index (χ3v) is 11.5. The molecule has 2 saturated heterocycles. The molecule has 9 nitrogen and oxygen atoms in total. The van der Waals surface area contributed by atoms with Crippen molar-refractivity contribution < 1.29 is 32.8 Å². The van der Waals surface area contributed by atoms with Crippen LogP contribution in [0, 0.1) is 35.0 Å². The zero-order valence-electron chi connectivity index (χ0n) is 26.4. The van der Waals surface area contributed by atoms with Crippen LogP contribution in [0.1, 0.15) is 66.9 Å². The third kappa shape index (κ3) is 4.83. The van der Waals surface area contributed by atoms with Gasteiger partial charge >= 0.3 is 19.3 Å². The fourth-order valence-electron chi connectivity index (χ4n) is 8.87. The van der Waals surface area contributed by atoms with Crippen LogP contribution in [0.3, 0.4) is 0 Å². The van der Waals surface area contributed by atoms with Crippen molar-refractivity contribution in [2.75, 3.05) is 13.2 Å². The lowest BCUT2D eigenvalue weighted by Gasteiger charge is -2.64. The lowest BCUT2D eigenvalue weighted by Crippen LogP contribution is -2.65. The number of benzene rings is 1. The van der Waals surface area contributed by atoms with Crippen molar-refractivity contribution in [2.45, 2.75) is 97.0 Å². The molecule has 2 amide bonds. The fraction of sp³-hybridized carbons (Fsp3) is 0.697. The van der Waals surface area contributed by atoms with E-state index >= 15 is 0 Å². The number of carbonyl (C=O) groups excluding carboxylic acids is 2. The van der Waals surface area contributed by atoms with Gasteiger partial charge in [0.1, 0.15) is 17.8 Å². The summed E-state index contributed by atoms with van der Waals surface area (Å²) in [6, 6.07) is 7.69. The first-order valence-corrected chi connectivity index (χ1v) is 16.0. The van der Waals surface area contributed by atoms with Crippen LogP contribution in [0.2, 0.25) is 0 Å². The number of nitrogens with zero attached hydrogens (tertiary/aromatic N) is 1. The number of fused-ring (bicyclic) bond motifs is 2. The van der Waals surface area contributed by atoms with Gasteiger partial charge in [-0.15, -0.1) is 0 Å². The molecule has 8 rings (SSSR count). The summed E-state index contributed by atoms with van der Waals surface area (Å²) in [5, 5.41) is 4.10. The molecule has 10 heteroatoms. The number of hydrogen-bond donors (Lipinski definition) is 1. The molecule has 6 fully saturated rings. The van der Waals surface area contributed by atoms with E-state index in [1.54, 1.807) is 11.2 Å². The van der Waals surface area contributed by atoms with Crippen molar-refractivity contribution in [3.63, 3.8) is 0 Å². The smallest absolute Gasteiger partial charge is 0.464 e. The van der Waals surface area contributed by atoms with Crippen molar-refractivity contribution in [2.24, 2.45) is 35.0 Å². The summed E-state index contributed by atoms with van der Waals surface area (Å²) < 4.78 is 30.7. The molecule has 0 unspecified atom stereocenters. The molecule has 43 heavy (non-hydrogen) atoms. The van der Waals surface area contributed by atoms with Crippen LogP contribution in [-0.2, 0) is 25.2 Å². The largest absolute Gasteiger partial charge is 0.482 e. The number of rotatable bonds is 6. The van der Waals surface area contributed by atoms with E-state index in [0.29, 0.717) is 42.6 Å². The predicted molar refractivity (Wildman–Crippen MR) is 161 cm³/mol. The normalized spacial score (nSPS) is 36.0. The Hall–Kier alpha value is -2.72. The number of likely N-dealkylation sites (tertiary alicyclic amines) is 1. The molecule has 1 aromatic carbocycles. The van der Waals surface area contributed by atoms with E-state index in [2.05, 4.69) is 33.0 Å². The number of hydrogen-bond acceptors (Lipinski definition) is 7. The summed E-state index contributed by atoms with van der Waals surface area (Å²) in [6.07, 6.45) is 3.42. The van der Waals surface area contributed by atoms with Gasteiger partial charge in [-0.3, -0.25) is 0 Å². The molecule has 4 saturated carbocycles. The molecule has 0 spiro atoms. The van der Waals surface area contributed by atoms with Gasteiger partial charge in [-0.05, 0) is 93.6 Å². The number of para-hydroxylation sites is 1. The van der Waals surface area contributed by atoms with Crippen LogP contribution in [0.25, 0.3) is 11.0 Å². The van der Waals surface area contributed by atoms with Crippen molar-refractivity contribution in [1.29, 1.82) is 0 Å². The number of amides is 2. The van der Waals surface area contributed by atoms with Gasteiger partial charge in [0.05, 0.1) is 30.0 Å². The summed E-state index contributed by atoms with van der Waals surface area (Å²) in [6.45, 7) is 15.4. The van der Waals surface area contributed by atoms with Crippen LogP contribution in [0.15, 0.2) is 34.9 Å². The molecule has 0 radical (unpaired) electrons. The second kappa shape index (κ2) is 9.89. The minimum absolute atomic E-state index is 0.00940. The molecule has 2 aliphatic heterocycles. The zero-order valence-corrected chi connectivity index (χ0v) is 26.4. The van der Waals surface area contributed by atoms with Gasteiger partial charge in [-0.25, -0.2) is 9.59 Å². The Morgan fingerprint density at radius 2 is 1.95 bits per heavy atom. The second-order valence-electron chi connectivity index (χ2n) is 15.4. The fourth-order valence-corrected chi connectivity index (χ4v) is 8.87. The molecule has 2 bridgehead atoms. The Labute approximate surface area is 254 Å². The molecule has 3 heterocycles. The van der Waals surface area contributed by atoms with E-state index in [1.165, 1.54) is 0 Å². The van der Waals surface area contributed by atoms with E-state index in [-0.39, 0.29) is 30.3 Å². The molecule has 232 valence electrons. The van der Waals surface area contributed by atoms with Crippen molar-refractivity contribution in [3.8, 4) is 0 Å². The lowest BCUT2D eigenvalue weighted by molar-refractivity contribution is -0.199. The topological polar surface area (TPSA) is 99.5 Å². The van der Waals surface area contributed by atoms with Gasteiger partial charge in [-0.1, -0.05) is 39.0 Å². The number of carbonyl (C=O) groups is 2. The van der Waals surface area contributed by atoms with Crippen molar-refractivity contribution in [1.82, 2.24) is 10.2 Å². The summed E-state index contributed by atoms with van der Waals surface area (Å²) in [7, 11) is -0.621. The molecule has 1 aromatic heterocycles. The van der Waals surface area contributed by atoms with Crippen LogP contribution in [-0.4, -0.2) is 66.6 Å². The quantitative estimate of drug-likeness (QED) is 0.421. The van der Waals surface area contributed by atoms with Crippen LogP contribution in [0.5, 0.6) is 0 Å². The average molecular weight is 593 g/mol. The summed E-state index contributed by atoms with van der Waals surface area (Å²) in [4.78, 5) is 28.1. The van der Waals surface area contributed by atoms with Gasteiger partial charge < -0.3 is 33.4 Å². The highest BCUT2D eigenvalue weighted by Crippen LogP contribution is 2.65. The molecular formula is C33H45BN2O7. The van der Waals surface area contributed by atoms with Gasteiger partial charge in [0, 0.05) is 11.9 Å². The lowest BCUT2D eigenvalue weighted by atomic mass is 9.43. The van der Waals surface area contributed by atoms with E-state index in [9.17, 15) is 9.59 Å². The monoisotopic (exact) mass is 592 g/mol. The van der Waals surface area contributed by atoms with Gasteiger partial charge in [0.15, 0.2) is 0 Å². The van der Waals surface area contributed by atoms with Crippen LogP contribution >= 0.6 is 0 Å². The predicted octanol–water partition coefficient (Wildman–Crippen LogP) is 5.84. The van der Waals surface area contributed by atoms with Crippen LogP contribution in [0.4, 0.5) is 9.59 Å². The standard InChI is InChI=1S/C33H45BN2O7/c1-18-22-15-36(30(38)41-31(2,3)4)23(28(18)22)17-40-29(37)35-27(12-19-16-39-24-11-9-8-10-21(19)24)34-42-26-14-20-13-25(32(20,5)6)33(26,7)43-34/h8-11,16,18,20,22-23,25-28H,12-15,17H2,1-7H3,(H,35,37)/t18-,20-,22+,23-,25-,26+,27-,28-,33-/m0/s1. The number of ether oxygens (including phenoxy) is 2. The number of alkyl carbamates (subject to hydrolysis) is 1. The first-order chi connectivity index (χ1) is 20.3. The Morgan fingerprint density at radius 1 is 1.19 bits per heavy atom. The highest BCUT2D eigenvalue weighted by molar-refractivity contribution is 6.48. The highest BCUT2D eigenvalue weighted by atomic mass is 16.7. The first kappa shape index (κ1) is 29.0. The van der Waals surface area contributed by atoms with Crippen LogP contribution < -0.4 is 5.32 Å². The number of piperidine rings is 1. The molecule has 9 atom stereocenters. The van der Waals surface area contributed by atoms with Gasteiger partial charge in [0.2, 0.25) is 0 Å². The minimum atomic E-state index is -0.621. The maximum absolute atomic E-state index is 13.4. The summed E-state index contributed by atoms with van der Waals surface area (Å²) >= 11 is 0. The van der Waals surface area contributed by atoms with E-state index in [0.717, 1.165) is 29.4 Å². The molecule has 1 N–H and O–H groups in total. The first-order valence-electron chi connectivity index (χ1n) is 16.0. The highest BCUT2D eigenvalue weighted by Gasteiger charge is 2.68. The van der Waals surface area contributed by atoms with E-state index in [1.807, 2.05) is 45.0 Å².